The van der Waals surface area contributed by atoms with Crippen LogP contribution in [0.25, 0.3) is 0 Å². The highest BCUT2D eigenvalue weighted by Crippen LogP contribution is 2.23. The maximum atomic E-state index is 12.2. The molecule has 0 aliphatic carbocycles. The molecule has 3 rings (SSSR count). The molecule has 0 bridgehead atoms. The van der Waals surface area contributed by atoms with Crippen molar-refractivity contribution in [1.29, 1.82) is 0 Å². The molecule has 0 radical (unpaired) electrons. The molecule has 2 aliphatic rings. The summed E-state index contributed by atoms with van der Waals surface area (Å²) in [7, 11) is 0. The molecule has 2 N–H and O–H groups in total. The van der Waals surface area contributed by atoms with Crippen molar-refractivity contribution in [3.8, 4) is 0 Å². The Hall–Kier alpha value is -1.55. The van der Waals surface area contributed by atoms with Gasteiger partial charge in [0.2, 0.25) is 0 Å². The van der Waals surface area contributed by atoms with Crippen LogP contribution in [0.2, 0.25) is 0 Å². The molecule has 0 saturated carbocycles. The van der Waals surface area contributed by atoms with Gasteiger partial charge in [-0.2, -0.15) is 0 Å². The Labute approximate surface area is 119 Å². The van der Waals surface area contributed by atoms with Crippen molar-refractivity contribution < 1.29 is 9.53 Å². The van der Waals surface area contributed by atoms with Crippen molar-refractivity contribution in [1.82, 2.24) is 5.32 Å². The van der Waals surface area contributed by atoms with Crippen LogP contribution >= 0.6 is 0 Å². The van der Waals surface area contributed by atoms with Crippen LogP contribution in [0.15, 0.2) is 18.2 Å². The summed E-state index contributed by atoms with van der Waals surface area (Å²) in [5.41, 5.74) is 3.19. The molecule has 1 fully saturated rings. The Morgan fingerprint density at radius 2 is 2.40 bits per heavy atom. The lowest BCUT2D eigenvalue weighted by Crippen LogP contribution is -2.32. The first-order chi connectivity index (χ1) is 9.74. The van der Waals surface area contributed by atoms with Gasteiger partial charge in [-0.05, 0) is 49.9 Å². The van der Waals surface area contributed by atoms with E-state index in [1.807, 2.05) is 18.2 Å². The SMILES string of the molecule is CC1OCCC1CNC(=O)c1ccc2c(c1)CCCN2. The summed E-state index contributed by atoms with van der Waals surface area (Å²) < 4.78 is 5.52. The number of fused-ring (bicyclic) bond motifs is 1. The number of rotatable bonds is 3. The molecule has 108 valence electrons. The van der Waals surface area contributed by atoms with Crippen LogP contribution in [-0.2, 0) is 11.2 Å². The Kier molecular flexibility index (Phi) is 3.92. The van der Waals surface area contributed by atoms with Gasteiger partial charge >= 0.3 is 0 Å². The summed E-state index contributed by atoms with van der Waals surface area (Å²) in [6, 6.07) is 5.94. The van der Waals surface area contributed by atoms with Crippen LogP contribution in [0.4, 0.5) is 5.69 Å². The van der Waals surface area contributed by atoms with E-state index in [1.165, 1.54) is 11.3 Å². The molecule has 20 heavy (non-hydrogen) atoms. The fourth-order valence-corrected chi connectivity index (χ4v) is 2.99. The van der Waals surface area contributed by atoms with Gasteiger partial charge in [-0.15, -0.1) is 0 Å². The van der Waals surface area contributed by atoms with Gasteiger partial charge < -0.3 is 15.4 Å². The minimum atomic E-state index is 0.0254. The summed E-state index contributed by atoms with van der Waals surface area (Å²) in [5, 5.41) is 6.40. The predicted octanol–water partition coefficient (Wildman–Crippen LogP) is 2.20. The largest absolute Gasteiger partial charge is 0.385 e. The second-order valence-corrected chi connectivity index (χ2v) is 5.74. The highest BCUT2D eigenvalue weighted by atomic mass is 16.5. The summed E-state index contributed by atoms with van der Waals surface area (Å²) in [4.78, 5) is 12.2. The molecule has 1 aromatic carbocycles. The van der Waals surface area contributed by atoms with Crippen molar-refractivity contribution in [2.75, 3.05) is 25.0 Å². The number of nitrogens with one attached hydrogen (secondary N) is 2. The number of carbonyl (C=O) groups excluding carboxylic acids is 1. The number of amides is 1. The Morgan fingerprint density at radius 1 is 1.50 bits per heavy atom. The van der Waals surface area contributed by atoms with E-state index < -0.39 is 0 Å². The lowest BCUT2D eigenvalue weighted by molar-refractivity contribution is 0.0907. The van der Waals surface area contributed by atoms with Gasteiger partial charge in [0.1, 0.15) is 0 Å². The standard InChI is InChI=1S/C16H22N2O2/c1-11-14(6-8-20-11)10-18-16(19)13-4-5-15-12(9-13)3-2-7-17-15/h4-5,9,11,14,17H,2-3,6-8,10H2,1H3,(H,18,19). The minimum Gasteiger partial charge on any atom is -0.385 e. The Bertz CT molecular complexity index is 501. The molecule has 1 saturated heterocycles. The van der Waals surface area contributed by atoms with Crippen molar-refractivity contribution in [3.63, 3.8) is 0 Å². The molecule has 2 unspecified atom stereocenters. The lowest BCUT2D eigenvalue weighted by Gasteiger charge is -2.19. The number of anilines is 1. The van der Waals surface area contributed by atoms with E-state index in [4.69, 9.17) is 4.74 Å². The number of hydrogen-bond donors (Lipinski definition) is 2. The van der Waals surface area contributed by atoms with E-state index in [-0.39, 0.29) is 12.0 Å². The van der Waals surface area contributed by atoms with E-state index in [0.29, 0.717) is 12.5 Å². The maximum Gasteiger partial charge on any atom is 0.251 e. The molecule has 0 aromatic heterocycles. The van der Waals surface area contributed by atoms with Crippen molar-refractivity contribution in [3.05, 3.63) is 29.3 Å². The molecule has 2 aliphatic heterocycles. The normalized spacial score (nSPS) is 24.9. The molecule has 1 amide bonds. The summed E-state index contributed by atoms with van der Waals surface area (Å²) >= 11 is 0. The lowest BCUT2D eigenvalue weighted by atomic mass is 10.00. The third kappa shape index (κ3) is 2.80. The highest BCUT2D eigenvalue weighted by Gasteiger charge is 2.24. The van der Waals surface area contributed by atoms with Gasteiger partial charge in [-0.1, -0.05) is 0 Å². The Morgan fingerprint density at radius 3 is 3.20 bits per heavy atom. The maximum absolute atomic E-state index is 12.2. The molecular formula is C16H22N2O2. The van der Waals surface area contributed by atoms with Gasteiger partial charge in [0.15, 0.2) is 0 Å². The van der Waals surface area contributed by atoms with Gasteiger partial charge in [-0.3, -0.25) is 4.79 Å². The zero-order valence-electron chi connectivity index (χ0n) is 11.9. The van der Waals surface area contributed by atoms with Crippen LogP contribution in [0.1, 0.15) is 35.7 Å². The van der Waals surface area contributed by atoms with Crippen LogP contribution in [0.3, 0.4) is 0 Å². The third-order valence-electron chi connectivity index (χ3n) is 4.36. The first-order valence-electron chi connectivity index (χ1n) is 7.50. The molecule has 1 aromatic rings. The van der Waals surface area contributed by atoms with Gasteiger partial charge in [-0.25, -0.2) is 0 Å². The number of benzene rings is 1. The van der Waals surface area contributed by atoms with E-state index in [1.54, 1.807) is 0 Å². The number of carbonyl (C=O) groups is 1. The second kappa shape index (κ2) is 5.83. The topological polar surface area (TPSA) is 50.4 Å². The molecule has 2 heterocycles. The smallest absolute Gasteiger partial charge is 0.251 e. The highest BCUT2D eigenvalue weighted by molar-refractivity contribution is 5.95. The average Bonchev–Trinajstić information content (AvgIpc) is 2.89. The summed E-state index contributed by atoms with van der Waals surface area (Å²) in [6.45, 7) is 4.62. The molecular weight excluding hydrogens is 252 g/mol. The van der Waals surface area contributed by atoms with Crippen molar-refractivity contribution >= 4 is 11.6 Å². The molecule has 0 spiro atoms. The quantitative estimate of drug-likeness (QED) is 0.888. The number of hydrogen-bond acceptors (Lipinski definition) is 3. The van der Waals surface area contributed by atoms with E-state index in [0.717, 1.165) is 38.0 Å². The van der Waals surface area contributed by atoms with Gasteiger partial charge in [0.25, 0.3) is 5.91 Å². The third-order valence-corrected chi connectivity index (χ3v) is 4.36. The molecule has 4 heteroatoms. The van der Waals surface area contributed by atoms with Crippen molar-refractivity contribution in [2.45, 2.75) is 32.3 Å². The fourth-order valence-electron chi connectivity index (χ4n) is 2.99. The molecule has 2 atom stereocenters. The Balaban J connectivity index is 1.62. The number of aryl methyl sites for hydroxylation is 1. The van der Waals surface area contributed by atoms with Crippen LogP contribution in [0.5, 0.6) is 0 Å². The summed E-state index contributed by atoms with van der Waals surface area (Å²) in [6.07, 6.45) is 3.48. The average molecular weight is 274 g/mol. The van der Waals surface area contributed by atoms with Gasteiger partial charge in [0.05, 0.1) is 6.10 Å². The predicted molar refractivity (Wildman–Crippen MR) is 79.1 cm³/mol. The zero-order chi connectivity index (χ0) is 13.9. The van der Waals surface area contributed by atoms with Gasteiger partial charge in [0, 0.05) is 36.9 Å². The zero-order valence-corrected chi connectivity index (χ0v) is 11.9. The van der Waals surface area contributed by atoms with E-state index >= 15 is 0 Å². The molecule has 4 nitrogen and oxygen atoms in total. The number of ether oxygens (including phenoxy) is 1. The fraction of sp³-hybridized carbons (Fsp3) is 0.562. The van der Waals surface area contributed by atoms with Crippen LogP contribution < -0.4 is 10.6 Å². The van der Waals surface area contributed by atoms with Crippen molar-refractivity contribution in [2.24, 2.45) is 5.92 Å². The first kappa shape index (κ1) is 13.4. The minimum absolute atomic E-state index is 0.0254. The monoisotopic (exact) mass is 274 g/mol. The summed E-state index contributed by atoms with van der Waals surface area (Å²) in [5.74, 6) is 0.468. The first-order valence-corrected chi connectivity index (χ1v) is 7.50. The van der Waals surface area contributed by atoms with Crippen LogP contribution in [0, 0.1) is 5.92 Å². The second-order valence-electron chi connectivity index (χ2n) is 5.74. The van der Waals surface area contributed by atoms with E-state index in [2.05, 4.69) is 17.6 Å². The van der Waals surface area contributed by atoms with Crippen LogP contribution in [-0.4, -0.2) is 31.7 Å². The van der Waals surface area contributed by atoms with E-state index in [9.17, 15) is 4.79 Å².